The van der Waals surface area contributed by atoms with E-state index in [1.807, 2.05) is 0 Å². The van der Waals surface area contributed by atoms with Crippen LogP contribution in [0.25, 0.3) is 0 Å². The molecule has 0 aromatic heterocycles. The molecule has 0 radical (unpaired) electrons. The number of carboxylic acids is 1. The first kappa shape index (κ1) is 11.6. The summed E-state index contributed by atoms with van der Waals surface area (Å²) >= 11 is 0. The van der Waals surface area contributed by atoms with Gasteiger partial charge in [-0.15, -0.1) is 0 Å². The zero-order valence-electron chi connectivity index (χ0n) is 8.00. The highest BCUT2D eigenvalue weighted by atomic mass is 19.1. The van der Waals surface area contributed by atoms with Crippen molar-refractivity contribution in [1.82, 2.24) is 0 Å². The van der Waals surface area contributed by atoms with Gasteiger partial charge in [0, 0.05) is 12.5 Å². The Bertz CT molecular complexity index is 367. The molecule has 0 heterocycles. The van der Waals surface area contributed by atoms with Crippen molar-refractivity contribution in [3.8, 4) is 0 Å². The standard InChI is InChI=1S/C10H10F2O3/c1-5(4-13)6-2-7(11)9(10(14)15)8(12)3-6/h2-3,5,13H,4H2,1H3,(H,14,15). The highest BCUT2D eigenvalue weighted by Gasteiger charge is 2.19. The Morgan fingerprint density at radius 3 is 2.20 bits per heavy atom. The molecule has 82 valence electrons. The van der Waals surface area contributed by atoms with Crippen molar-refractivity contribution in [1.29, 1.82) is 0 Å². The van der Waals surface area contributed by atoms with Gasteiger partial charge in [-0.3, -0.25) is 0 Å². The van der Waals surface area contributed by atoms with E-state index < -0.39 is 29.1 Å². The summed E-state index contributed by atoms with van der Waals surface area (Å²) in [6.07, 6.45) is 0. The molecule has 3 nitrogen and oxygen atoms in total. The molecule has 1 atom stereocenters. The van der Waals surface area contributed by atoms with Gasteiger partial charge in [-0.2, -0.15) is 0 Å². The quantitative estimate of drug-likeness (QED) is 0.809. The summed E-state index contributed by atoms with van der Waals surface area (Å²) in [5.74, 6) is -4.33. The van der Waals surface area contributed by atoms with Gasteiger partial charge in [-0.05, 0) is 17.7 Å². The fourth-order valence-corrected chi connectivity index (χ4v) is 1.19. The summed E-state index contributed by atoms with van der Waals surface area (Å²) in [5.41, 5.74) is -0.735. The Balaban J connectivity index is 3.25. The predicted molar refractivity (Wildman–Crippen MR) is 48.8 cm³/mol. The summed E-state index contributed by atoms with van der Waals surface area (Å²) in [6, 6.07) is 1.85. The fraction of sp³-hybridized carbons (Fsp3) is 0.300. The molecule has 0 aliphatic heterocycles. The van der Waals surface area contributed by atoms with Crippen LogP contribution in [0, 0.1) is 11.6 Å². The molecule has 2 N–H and O–H groups in total. The zero-order valence-corrected chi connectivity index (χ0v) is 8.00. The molecule has 1 aromatic rings. The van der Waals surface area contributed by atoms with Crippen LogP contribution in [0.1, 0.15) is 28.8 Å². The second-order valence-corrected chi connectivity index (χ2v) is 3.25. The van der Waals surface area contributed by atoms with E-state index in [2.05, 4.69) is 0 Å². The molecule has 1 rings (SSSR count). The smallest absolute Gasteiger partial charge is 0.341 e. The van der Waals surface area contributed by atoms with Crippen molar-refractivity contribution < 1.29 is 23.8 Å². The van der Waals surface area contributed by atoms with Crippen molar-refractivity contribution in [2.45, 2.75) is 12.8 Å². The Kier molecular flexibility index (Phi) is 3.36. The van der Waals surface area contributed by atoms with Gasteiger partial charge < -0.3 is 10.2 Å². The number of aliphatic hydroxyl groups is 1. The van der Waals surface area contributed by atoms with E-state index in [-0.39, 0.29) is 12.2 Å². The Labute approximate surface area is 85.0 Å². The van der Waals surface area contributed by atoms with Gasteiger partial charge in [0.25, 0.3) is 0 Å². The maximum atomic E-state index is 13.2. The van der Waals surface area contributed by atoms with Gasteiger partial charge in [0.1, 0.15) is 17.2 Å². The third kappa shape index (κ3) is 2.30. The van der Waals surface area contributed by atoms with Crippen LogP contribution in [0.3, 0.4) is 0 Å². The summed E-state index contributed by atoms with van der Waals surface area (Å²) in [6.45, 7) is 1.32. The SMILES string of the molecule is CC(CO)c1cc(F)c(C(=O)O)c(F)c1. The molecule has 0 saturated heterocycles. The molecule has 0 saturated carbocycles. The largest absolute Gasteiger partial charge is 0.477 e. The van der Waals surface area contributed by atoms with E-state index in [9.17, 15) is 13.6 Å². The van der Waals surface area contributed by atoms with Gasteiger partial charge >= 0.3 is 5.97 Å². The average Bonchev–Trinajstić information content (AvgIpc) is 2.14. The molecular formula is C10H10F2O3. The number of halogens is 2. The Hall–Kier alpha value is -1.49. The van der Waals surface area contributed by atoms with Crippen molar-refractivity contribution >= 4 is 5.97 Å². The van der Waals surface area contributed by atoms with Crippen LogP contribution in [0.2, 0.25) is 0 Å². The molecular weight excluding hydrogens is 206 g/mol. The second kappa shape index (κ2) is 4.35. The molecule has 15 heavy (non-hydrogen) atoms. The van der Waals surface area contributed by atoms with E-state index in [1.165, 1.54) is 0 Å². The summed E-state index contributed by atoms with van der Waals surface area (Å²) in [4.78, 5) is 10.5. The minimum absolute atomic E-state index is 0.234. The van der Waals surface area contributed by atoms with E-state index in [1.54, 1.807) is 6.92 Å². The van der Waals surface area contributed by atoms with Crippen molar-refractivity contribution in [3.05, 3.63) is 34.9 Å². The van der Waals surface area contributed by atoms with Crippen LogP contribution in [0.15, 0.2) is 12.1 Å². The lowest BCUT2D eigenvalue weighted by atomic mass is 10.00. The van der Waals surface area contributed by atoms with Crippen LogP contribution < -0.4 is 0 Å². The highest BCUT2D eigenvalue weighted by Crippen LogP contribution is 2.21. The monoisotopic (exact) mass is 216 g/mol. The van der Waals surface area contributed by atoms with Crippen LogP contribution in [0.4, 0.5) is 8.78 Å². The Morgan fingerprint density at radius 2 is 1.87 bits per heavy atom. The summed E-state index contributed by atoms with van der Waals surface area (Å²) < 4.78 is 26.3. The minimum atomic E-state index is -1.65. The topological polar surface area (TPSA) is 57.5 Å². The number of aliphatic hydroxyl groups excluding tert-OH is 1. The number of benzene rings is 1. The van der Waals surface area contributed by atoms with Crippen molar-refractivity contribution in [3.63, 3.8) is 0 Å². The third-order valence-corrected chi connectivity index (χ3v) is 2.12. The fourth-order valence-electron chi connectivity index (χ4n) is 1.19. The van der Waals surface area contributed by atoms with E-state index in [0.717, 1.165) is 12.1 Å². The van der Waals surface area contributed by atoms with E-state index >= 15 is 0 Å². The van der Waals surface area contributed by atoms with Gasteiger partial charge in [0.2, 0.25) is 0 Å². The first-order valence-electron chi connectivity index (χ1n) is 4.30. The maximum Gasteiger partial charge on any atom is 0.341 e. The number of carbonyl (C=O) groups is 1. The van der Waals surface area contributed by atoms with Gasteiger partial charge in [-0.25, -0.2) is 13.6 Å². The first-order valence-corrected chi connectivity index (χ1v) is 4.30. The molecule has 0 fully saturated rings. The van der Waals surface area contributed by atoms with Crippen LogP contribution >= 0.6 is 0 Å². The molecule has 0 aliphatic carbocycles. The normalized spacial score (nSPS) is 12.5. The lowest BCUT2D eigenvalue weighted by Gasteiger charge is -2.09. The minimum Gasteiger partial charge on any atom is -0.477 e. The van der Waals surface area contributed by atoms with E-state index in [0.29, 0.717) is 0 Å². The van der Waals surface area contributed by atoms with Gasteiger partial charge in [0.15, 0.2) is 0 Å². The number of hydrogen-bond donors (Lipinski definition) is 2. The van der Waals surface area contributed by atoms with Crippen molar-refractivity contribution in [2.24, 2.45) is 0 Å². The average molecular weight is 216 g/mol. The molecule has 5 heteroatoms. The van der Waals surface area contributed by atoms with Gasteiger partial charge in [0.05, 0.1) is 0 Å². The number of rotatable bonds is 3. The summed E-state index contributed by atoms with van der Waals surface area (Å²) in [5, 5.41) is 17.3. The highest BCUT2D eigenvalue weighted by molar-refractivity contribution is 5.88. The first-order chi connectivity index (χ1) is 6.97. The summed E-state index contributed by atoms with van der Waals surface area (Å²) in [7, 11) is 0. The third-order valence-electron chi connectivity index (χ3n) is 2.12. The van der Waals surface area contributed by atoms with Crippen LogP contribution in [-0.4, -0.2) is 22.8 Å². The molecule has 1 aromatic carbocycles. The predicted octanol–water partition coefficient (Wildman–Crippen LogP) is 1.76. The number of carboxylic acid groups (broad SMARTS) is 1. The number of hydrogen-bond acceptors (Lipinski definition) is 2. The Morgan fingerprint density at radius 1 is 1.40 bits per heavy atom. The number of aromatic carboxylic acids is 1. The second-order valence-electron chi connectivity index (χ2n) is 3.25. The lowest BCUT2D eigenvalue weighted by Crippen LogP contribution is -2.08. The van der Waals surface area contributed by atoms with Gasteiger partial charge in [-0.1, -0.05) is 6.92 Å². The molecule has 0 amide bonds. The molecule has 1 unspecified atom stereocenters. The van der Waals surface area contributed by atoms with Crippen LogP contribution in [-0.2, 0) is 0 Å². The van der Waals surface area contributed by atoms with Crippen LogP contribution in [0.5, 0.6) is 0 Å². The van der Waals surface area contributed by atoms with E-state index in [4.69, 9.17) is 10.2 Å². The molecule has 0 bridgehead atoms. The molecule has 0 aliphatic rings. The molecule has 0 spiro atoms. The van der Waals surface area contributed by atoms with Crippen molar-refractivity contribution in [2.75, 3.05) is 6.61 Å². The zero-order chi connectivity index (χ0) is 11.6. The maximum absolute atomic E-state index is 13.2. The lowest BCUT2D eigenvalue weighted by molar-refractivity contribution is 0.0686.